The zero-order valence-corrected chi connectivity index (χ0v) is 18.7. The maximum atomic E-state index is 14.1. The first kappa shape index (κ1) is 23.9. The van der Waals surface area contributed by atoms with Crippen LogP contribution in [0.2, 0.25) is 5.02 Å². The van der Waals surface area contributed by atoms with Gasteiger partial charge in [0.15, 0.2) is 11.6 Å². The maximum absolute atomic E-state index is 14.1. The van der Waals surface area contributed by atoms with Crippen molar-refractivity contribution in [1.82, 2.24) is 0 Å². The number of amides is 1. The number of hydrogen-bond donors (Lipinski definition) is 2. The number of anilines is 2. The van der Waals surface area contributed by atoms with Crippen molar-refractivity contribution >= 4 is 38.9 Å². The Morgan fingerprint density at radius 2 is 1.85 bits per heavy atom. The van der Waals surface area contributed by atoms with E-state index in [0.29, 0.717) is 12.1 Å². The van der Waals surface area contributed by atoms with Crippen LogP contribution in [0.25, 0.3) is 0 Å². The van der Waals surface area contributed by atoms with Gasteiger partial charge in [-0.3, -0.25) is 9.10 Å². The van der Waals surface area contributed by atoms with E-state index in [2.05, 4.69) is 5.32 Å². The van der Waals surface area contributed by atoms with Crippen molar-refractivity contribution in [2.45, 2.75) is 11.0 Å². The molecular formula is C22H16ClF3N2O5S. The number of ether oxygens (including phenoxy) is 1. The first-order valence-corrected chi connectivity index (χ1v) is 11.6. The fourth-order valence-electron chi connectivity index (χ4n) is 3.39. The summed E-state index contributed by atoms with van der Waals surface area (Å²) in [5.74, 6) is -4.23. The third kappa shape index (κ3) is 4.41. The van der Waals surface area contributed by atoms with Gasteiger partial charge in [-0.15, -0.1) is 0 Å². The van der Waals surface area contributed by atoms with Gasteiger partial charge in [0.1, 0.15) is 17.7 Å². The van der Waals surface area contributed by atoms with Crippen LogP contribution in [0.5, 0.6) is 5.75 Å². The second kappa shape index (κ2) is 9.16. The normalized spacial score (nSPS) is 15.4. The van der Waals surface area contributed by atoms with E-state index in [4.69, 9.17) is 16.3 Å². The van der Waals surface area contributed by atoms with Crippen molar-refractivity contribution in [3.05, 3.63) is 82.6 Å². The molecule has 34 heavy (non-hydrogen) atoms. The molecule has 0 radical (unpaired) electrons. The Bertz CT molecular complexity index is 1370. The number of carbonyl (C=O) groups excluding carboxylic acids is 1. The van der Waals surface area contributed by atoms with Crippen LogP contribution in [0, 0.1) is 17.5 Å². The van der Waals surface area contributed by atoms with Crippen molar-refractivity contribution in [2.24, 2.45) is 0 Å². The molecule has 0 aliphatic carbocycles. The summed E-state index contributed by atoms with van der Waals surface area (Å²) in [5, 5.41) is 11.9. The number of nitrogens with one attached hydrogen (secondary N) is 1. The van der Waals surface area contributed by atoms with Gasteiger partial charge in [-0.2, -0.15) is 0 Å². The van der Waals surface area contributed by atoms with E-state index >= 15 is 0 Å². The SMILES string of the molecule is O=C(Nc1ccc2c(c1)N(S(=O)(=O)c1ccc(F)c(F)c1)C[C@H](CO)O2)c1c(F)cccc1Cl. The highest BCUT2D eigenvalue weighted by atomic mass is 35.5. The molecule has 0 saturated carbocycles. The minimum absolute atomic E-state index is 0.0353. The van der Waals surface area contributed by atoms with Crippen LogP contribution >= 0.6 is 11.6 Å². The number of hydrogen-bond acceptors (Lipinski definition) is 5. The number of nitrogens with zero attached hydrogens (tertiary/aromatic N) is 1. The van der Waals surface area contributed by atoms with Gasteiger partial charge in [-0.1, -0.05) is 17.7 Å². The molecular weight excluding hydrogens is 497 g/mol. The second-order valence-electron chi connectivity index (χ2n) is 7.27. The van der Waals surface area contributed by atoms with Crippen molar-refractivity contribution in [3.8, 4) is 5.75 Å². The lowest BCUT2D eigenvalue weighted by atomic mass is 10.1. The van der Waals surface area contributed by atoms with Gasteiger partial charge < -0.3 is 15.2 Å². The molecule has 1 amide bonds. The molecule has 1 atom stereocenters. The topological polar surface area (TPSA) is 95.9 Å². The molecule has 1 aliphatic heterocycles. The summed E-state index contributed by atoms with van der Waals surface area (Å²) in [6.45, 7) is -0.866. The molecule has 1 aliphatic rings. The molecule has 0 saturated heterocycles. The summed E-state index contributed by atoms with van der Waals surface area (Å²) >= 11 is 5.92. The van der Waals surface area contributed by atoms with E-state index in [1.54, 1.807) is 0 Å². The summed E-state index contributed by atoms with van der Waals surface area (Å²) in [7, 11) is -4.43. The van der Waals surface area contributed by atoms with Crippen LogP contribution in [-0.2, 0) is 10.0 Å². The molecule has 4 rings (SSSR count). The second-order valence-corrected chi connectivity index (χ2v) is 9.54. The van der Waals surface area contributed by atoms with Crippen LogP contribution in [0.1, 0.15) is 10.4 Å². The lowest BCUT2D eigenvalue weighted by Crippen LogP contribution is -2.45. The molecule has 3 aromatic rings. The number of carbonyl (C=O) groups is 1. The minimum atomic E-state index is -4.43. The fraction of sp³-hybridized carbons (Fsp3) is 0.136. The van der Waals surface area contributed by atoms with Gasteiger partial charge in [0.2, 0.25) is 0 Å². The third-order valence-electron chi connectivity index (χ3n) is 5.02. The Morgan fingerprint density at radius 3 is 2.53 bits per heavy atom. The summed E-state index contributed by atoms with van der Waals surface area (Å²) in [6, 6.07) is 9.86. The summed E-state index contributed by atoms with van der Waals surface area (Å²) in [5.41, 5.74) is -0.351. The molecule has 0 fully saturated rings. The zero-order chi connectivity index (χ0) is 24.6. The fourth-order valence-corrected chi connectivity index (χ4v) is 5.15. The predicted molar refractivity (Wildman–Crippen MR) is 118 cm³/mol. The van der Waals surface area contributed by atoms with Gasteiger partial charge >= 0.3 is 0 Å². The summed E-state index contributed by atoms with van der Waals surface area (Å²) < 4.78 is 74.1. The molecule has 12 heteroatoms. The Kier molecular flexibility index (Phi) is 6.43. The van der Waals surface area contributed by atoms with E-state index in [0.717, 1.165) is 16.4 Å². The van der Waals surface area contributed by atoms with Crippen molar-refractivity contribution < 1.29 is 36.2 Å². The summed E-state index contributed by atoms with van der Waals surface area (Å²) in [6.07, 6.45) is -0.940. The van der Waals surface area contributed by atoms with Crippen LogP contribution < -0.4 is 14.4 Å². The minimum Gasteiger partial charge on any atom is -0.484 e. The average Bonchev–Trinajstić information content (AvgIpc) is 2.79. The number of halogens is 4. The summed E-state index contributed by atoms with van der Waals surface area (Å²) in [4.78, 5) is 12.1. The van der Waals surface area contributed by atoms with E-state index in [1.807, 2.05) is 0 Å². The number of fused-ring (bicyclic) bond motifs is 1. The van der Waals surface area contributed by atoms with Gasteiger partial charge in [-0.05, 0) is 48.5 Å². The Morgan fingerprint density at radius 1 is 1.09 bits per heavy atom. The molecule has 0 aromatic heterocycles. The van der Waals surface area contributed by atoms with Crippen LogP contribution in [-0.4, -0.2) is 38.7 Å². The van der Waals surface area contributed by atoms with E-state index in [9.17, 15) is 31.5 Å². The van der Waals surface area contributed by atoms with E-state index < -0.39 is 56.6 Å². The largest absolute Gasteiger partial charge is 0.484 e. The number of rotatable bonds is 5. The maximum Gasteiger partial charge on any atom is 0.264 e. The number of aliphatic hydroxyl groups excluding tert-OH is 1. The Balaban J connectivity index is 1.74. The number of sulfonamides is 1. The highest BCUT2D eigenvalue weighted by Crippen LogP contribution is 2.39. The lowest BCUT2D eigenvalue weighted by molar-refractivity contribution is 0.102. The van der Waals surface area contributed by atoms with Crippen molar-refractivity contribution in [1.29, 1.82) is 0 Å². The quantitative estimate of drug-likeness (QED) is 0.539. The first-order chi connectivity index (χ1) is 16.1. The van der Waals surface area contributed by atoms with Gasteiger partial charge in [0, 0.05) is 5.69 Å². The molecule has 7 nitrogen and oxygen atoms in total. The third-order valence-corrected chi connectivity index (χ3v) is 7.11. The van der Waals surface area contributed by atoms with Crippen LogP contribution in [0.4, 0.5) is 24.5 Å². The highest BCUT2D eigenvalue weighted by Gasteiger charge is 2.35. The molecule has 3 aromatic carbocycles. The van der Waals surface area contributed by atoms with E-state index in [-0.39, 0.29) is 28.7 Å². The molecule has 0 bridgehead atoms. The number of aliphatic hydroxyl groups is 1. The Labute approximate surface area is 197 Å². The lowest BCUT2D eigenvalue weighted by Gasteiger charge is -2.35. The average molecular weight is 513 g/mol. The zero-order valence-electron chi connectivity index (χ0n) is 17.1. The monoisotopic (exact) mass is 512 g/mol. The molecule has 0 spiro atoms. The molecule has 1 heterocycles. The molecule has 2 N–H and O–H groups in total. The highest BCUT2D eigenvalue weighted by molar-refractivity contribution is 7.92. The standard InChI is InChI=1S/C22H16ClF3N2O5S/c23-15-2-1-3-17(25)21(15)22(30)27-12-4-7-20-19(8-12)28(10-13(11-29)33-20)34(31,32)14-5-6-16(24)18(26)9-14/h1-9,13,29H,10-11H2,(H,27,30)/t13-/m1/s1. The van der Waals surface area contributed by atoms with Crippen molar-refractivity contribution in [3.63, 3.8) is 0 Å². The van der Waals surface area contributed by atoms with E-state index in [1.165, 1.54) is 30.3 Å². The molecule has 178 valence electrons. The number of benzene rings is 3. The van der Waals surface area contributed by atoms with Crippen LogP contribution in [0.3, 0.4) is 0 Å². The van der Waals surface area contributed by atoms with Crippen LogP contribution in [0.15, 0.2) is 59.5 Å². The van der Waals surface area contributed by atoms with Gasteiger partial charge in [0.05, 0.1) is 34.3 Å². The molecule has 0 unspecified atom stereocenters. The predicted octanol–water partition coefficient (Wildman–Crippen LogP) is 3.96. The van der Waals surface area contributed by atoms with Gasteiger partial charge in [0.25, 0.3) is 15.9 Å². The first-order valence-electron chi connectivity index (χ1n) is 9.76. The van der Waals surface area contributed by atoms with Gasteiger partial charge in [-0.25, -0.2) is 21.6 Å². The van der Waals surface area contributed by atoms with Crippen molar-refractivity contribution in [2.75, 3.05) is 22.8 Å². The Hall–Kier alpha value is -3.28. The smallest absolute Gasteiger partial charge is 0.264 e.